The van der Waals surface area contributed by atoms with E-state index in [1.165, 1.54) is 64.2 Å². The maximum atomic E-state index is 14.1. The summed E-state index contributed by atoms with van der Waals surface area (Å²) in [5.74, 6) is 0.451. The molecule has 12 heteroatoms. The number of aliphatic imine (C=N–C) groups is 1. The highest BCUT2D eigenvalue weighted by molar-refractivity contribution is 5.87. The summed E-state index contributed by atoms with van der Waals surface area (Å²) in [6.45, 7) is 6.70. The van der Waals surface area contributed by atoms with Crippen molar-refractivity contribution in [3.05, 3.63) is 12.2 Å². The Bertz CT molecular complexity index is 1300. The Morgan fingerprint density at radius 1 is 0.948 bits per heavy atom. The summed E-state index contributed by atoms with van der Waals surface area (Å²) in [6.07, 6.45) is 30.8. The van der Waals surface area contributed by atoms with Gasteiger partial charge in [0.1, 0.15) is 11.6 Å². The number of nitrogens with one attached hydrogen (secondary N) is 1. The normalized spacial score (nSPS) is 29.5. The number of amides is 1. The molecular formula is C46H82N6O6. The lowest BCUT2D eigenvalue weighted by atomic mass is 9.80. The highest BCUT2D eigenvalue weighted by Gasteiger charge is 2.62. The van der Waals surface area contributed by atoms with Crippen LogP contribution in [0, 0.1) is 5.92 Å². The van der Waals surface area contributed by atoms with E-state index in [2.05, 4.69) is 36.2 Å². The molecule has 1 unspecified atom stereocenters. The van der Waals surface area contributed by atoms with Crippen LogP contribution >= 0.6 is 0 Å². The second kappa shape index (κ2) is 24.3. The van der Waals surface area contributed by atoms with Gasteiger partial charge < -0.3 is 45.9 Å². The lowest BCUT2D eigenvalue weighted by Gasteiger charge is -2.55. The van der Waals surface area contributed by atoms with Crippen molar-refractivity contribution in [2.24, 2.45) is 22.4 Å². The molecule has 0 radical (unpaired) electrons. The van der Waals surface area contributed by atoms with E-state index < -0.39 is 23.5 Å². The third kappa shape index (κ3) is 13.4. The van der Waals surface area contributed by atoms with Gasteiger partial charge in [-0.3, -0.25) is 9.59 Å². The summed E-state index contributed by atoms with van der Waals surface area (Å²) in [4.78, 5) is 36.3. The van der Waals surface area contributed by atoms with E-state index in [1.807, 2.05) is 0 Å². The molecule has 5 heterocycles. The van der Waals surface area contributed by atoms with Gasteiger partial charge in [-0.2, -0.15) is 0 Å². The number of guanidine groups is 1. The van der Waals surface area contributed by atoms with Crippen LogP contribution in [0.4, 0.5) is 0 Å². The monoisotopic (exact) mass is 815 g/mol. The number of ether oxygens (including phenoxy) is 3. The molecule has 5 rings (SSSR count). The molecular weight excluding hydrogens is 733 g/mol. The Kier molecular flexibility index (Phi) is 19.6. The number of nitrogens with two attached hydrogens (primary N) is 2. The number of unbranched alkanes of at least 4 members (excludes halogenated alkanes) is 13. The molecule has 3 saturated heterocycles. The number of carbonyl (C=O) groups is 2. The molecule has 8 atom stereocenters. The van der Waals surface area contributed by atoms with Crippen LogP contribution in [0.1, 0.15) is 181 Å². The Labute approximate surface area is 351 Å². The predicted molar refractivity (Wildman–Crippen MR) is 231 cm³/mol. The third-order valence-corrected chi connectivity index (χ3v) is 13.5. The average molecular weight is 815 g/mol. The molecule has 58 heavy (non-hydrogen) atoms. The zero-order valence-electron chi connectivity index (χ0n) is 36.5. The van der Waals surface area contributed by atoms with Crippen molar-refractivity contribution in [3.8, 4) is 0 Å². The number of allylic oxidation sites excluding steroid dienone is 1. The highest BCUT2D eigenvalue weighted by Crippen LogP contribution is 2.50. The van der Waals surface area contributed by atoms with Gasteiger partial charge in [0.2, 0.25) is 5.91 Å². The minimum atomic E-state index is -0.884. The van der Waals surface area contributed by atoms with E-state index in [4.69, 9.17) is 30.7 Å². The first kappa shape index (κ1) is 46.8. The SMILES string of the molecule is CC[C@H]1C=CCC[C@@]2(C[C@@H]3CC[C@@H]4[C@H](C(=O)OCCCCCCCCCCCCCCCCC(=O)N(CCCN)CC(O)CCN)[C@]5(CCC[C@@H](C)O5)N=C(N2)N34)O1. The van der Waals surface area contributed by atoms with Crippen molar-refractivity contribution in [1.29, 1.82) is 0 Å². The van der Waals surface area contributed by atoms with Gasteiger partial charge in [-0.1, -0.05) is 96.1 Å². The first-order chi connectivity index (χ1) is 28.2. The van der Waals surface area contributed by atoms with Crippen LogP contribution in [0.25, 0.3) is 0 Å². The van der Waals surface area contributed by atoms with Crippen molar-refractivity contribution in [3.63, 3.8) is 0 Å². The number of hydrogen-bond donors (Lipinski definition) is 4. The molecule has 0 aromatic carbocycles. The maximum absolute atomic E-state index is 14.1. The Morgan fingerprint density at radius 3 is 2.29 bits per heavy atom. The van der Waals surface area contributed by atoms with E-state index >= 15 is 0 Å². The van der Waals surface area contributed by atoms with Gasteiger partial charge in [0.25, 0.3) is 0 Å². The van der Waals surface area contributed by atoms with E-state index in [1.54, 1.807) is 4.90 Å². The molecule has 0 aromatic heterocycles. The minimum absolute atomic E-state index is 0.0330. The number of aliphatic hydroxyl groups excluding tert-OH is 1. The fraction of sp³-hybridized carbons (Fsp3) is 0.891. The van der Waals surface area contributed by atoms with E-state index in [9.17, 15) is 14.7 Å². The lowest BCUT2D eigenvalue weighted by Crippen LogP contribution is -2.71. The van der Waals surface area contributed by atoms with Gasteiger partial charge in [-0.05, 0) is 97.1 Å². The number of nitrogens with zero attached hydrogens (tertiary/aromatic N) is 3. The van der Waals surface area contributed by atoms with Crippen LogP contribution in [0.15, 0.2) is 17.1 Å². The molecule has 3 fully saturated rings. The second-order valence-electron chi connectivity index (χ2n) is 18.2. The Morgan fingerprint density at radius 2 is 1.64 bits per heavy atom. The van der Waals surface area contributed by atoms with Gasteiger partial charge in [-0.15, -0.1) is 0 Å². The molecule has 6 N–H and O–H groups in total. The van der Waals surface area contributed by atoms with E-state index in [0.29, 0.717) is 51.7 Å². The summed E-state index contributed by atoms with van der Waals surface area (Å²) in [5.41, 5.74) is 9.88. The van der Waals surface area contributed by atoms with E-state index in [0.717, 1.165) is 95.9 Å². The van der Waals surface area contributed by atoms with Crippen molar-refractivity contribution in [2.45, 2.75) is 223 Å². The third-order valence-electron chi connectivity index (χ3n) is 13.5. The van der Waals surface area contributed by atoms with Crippen molar-refractivity contribution < 1.29 is 28.9 Å². The Hall–Kier alpha value is -2.25. The zero-order valence-corrected chi connectivity index (χ0v) is 36.5. The molecule has 0 aromatic rings. The van der Waals surface area contributed by atoms with Gasteiger partial charge in [0.15, 0.2) is 11.7 Å². The topological polar surface area (TPSA) is 165 Å². The largest absolute Gasteiger partial charge is 0.465 e. The Balaban J connectivity index is 0.926. The maximum Gasteiger partial charge on any atom is 0.316 e. The van der Waals surface area contributed by atoms with Crippen molar-refractivity contribution in [2.75, 3.05) is 32.8 Å². The van der Waals surface area contributed by atoms with Gasteiger partial charge in [0.05, 0.1) is 31.0 Å². The number of rotatable bonds is 26. The quantitative estimate of drug-likeness (QED) is 0.0399. The average Bonchev–Trinajstić information content (AvgIpc) is 3.51. The van der Waals surface area contributed by atoms with Crippen LogP contribution < -0.4 is 16.8 Å². The van der Waals surface area contributed by atoms with Crippen molar-refractivity contribution >= 4 is 17.8 Å². The smallest absolute Gasteiger partial charge is 0.316 e. The molecule has 5 aliphatic rings. The van der Waals surface area contributed by atoms with Gasteiger partial charge in [-0.25, -0.2) is 4.99 Å². The molecule has 2 spiro atoms. The van der Waals surface area contributed by atoms with Gasteiger partial charge in [0, 0.05) is 32.0 Å². The number of aliphatic hydroxyl groups is 1. The number of carbonyl (C=O) groups excluding carboxylic acids is 2. The molecule has 5 aliphatic heterocycles. The number of esters is 1. The summed E-state index contributed by atoms with van der Waals surface area (Å²) in [6, 6.07) is 0.332. The van der Waals surface area contributed by atoms with Crippen LogP contribution in [0.3, 0.4) is 0 Å². The summed E-state index contributed by atoms with van der Waals surface area (Å²) >= 11 is 0. The van der Waals surface area contributed by atoms with Crippen molar-refractivity contribution in [1.82, 2.24) is 15.1 Å². The summed E-state index contributed by atoms with van der Waals surface area (Å²) in [7, 11) is 0. The molecule has 12 nitrogen and oxygen atoms in total. The first-order valence-corrected chi connectivity index (χ1v) is 23.9. The highest BCUT2D eigenvalue weighted by atomic mass is 16.6. The summed E-state index contributed by atoms with van der Waals surface area (Å²) in [5, 5.41) is 13.9. The lowest BCUT2D eigenvalue weighted by molar-refractivity contribution is -0.194. The minimum Gasteiger partial charge on any atom is -0.465 e. The first-order valence-electron chi connectivity index (χ1n) is 23.9. The fourth-order valence-corrected chi connectivity index (χ4v) is 10.3. The predicted octanol–water partition coefficient (Wildman–Crippen LogP) is 7.21. The fourth-order valence-electron chi connectivity index (χ4n) is 10.3. The van der Waals surface area contributed by atoms with Gasteiger partial charge >= 0.3 is 5.97 Å². The molecule has 332 valence electrons. The van der Waals surface area contributed by atoms with Crippen LogP contribution in [-0.2, 0) is 23.8 Å². The van der Waals surface area contributed by atoms with Crippen LogP contribution in [0.2, 0.25) is 0 Å². The van der Waals surface area contributed by atoms with E-state index in [-0.39, 0.29) is 30.1 Å². The number of hydrogen-bond acceptors (Lipinski definition) is 11. The molecule has 0 aliphatic carbocycles. The second-order valence-corrected chi connectivity index (χ2v) is 18.2. The zero-order chi connectivity index (χ0) is 41.2. The molecule has 0 saturated carbocycles. The standard InChI is InChI=1S/C46H82N6O6/c1-3-39-23-17-18-28-45(58-39)34-37-25-26-40-42(46(29-20-22-36(2)57-46)50-44(49-45)52(37)40)43(55)56-33-19-15-13-11-9-7-5-4-6-8-10-12-14-16-24-41(54)51(32-21-30-47)35-38(53)27-31-48/h17,23,36-40,42,53H,3-16,18-22,24-35,47-48H2,1-2H3,(H,49,50)/t36-,37+,38?,39+,40-,42-,45+,46-/m1/s1. The molecule has 0 bridgehead atoms. The molecule has 1 amide bonds. The summed E-state index contributed by atoms with van der Waals surface area (Å²) < 4.78 is 19.6. The van der Waals surface area contributed by atoms with Crippen LogP contribution in [0.5, 0.6) is 0 Å². The van der Waals surface area contributed by atoms with Crippen LogP contribution in [-0.4, -0.2) is 107 Å².